The van der Waals surface area contributed by atoms with E-state index < -0.39 is 21.7 Å². The van der Waals surface area contributed by atoms with Crippen LogP contribution >= 0.6 is 0 Å². The fraction of sp³-hybridized carbons (Fsp3) is 0.194. The van der Waals surface area contributed by atoms with E-state index in [4.69, 9.17) is 0 Å². The largest absolute Gasteiger partial charge is 0.530 e. The first-order chi connectivity index (χ1) is 18.5. The molecule has 1 aliphatic heterocycles. The van der Waals surface area contributed by atoms with Gasteiger partial charge in [0.15, 0.2) is 0 Å². The molecule has 0 saturated carbocycles. The van der Waals surface area contributed by atoms with Crippen molar-refractivity contribution in [2.24, 2.45) is 0 Å². The number of carbonyl (C=O) groups is 1. The Morgan fingerprint density at radius 1 is 0.658 bits per heavy atom. The second kappa shape index (κ2) is 10.8. The van der Waals surface area contributed by atoms with E-state index in [9.17, 15) is 18.3 Å². The summed E-state index contributed by atoms with van der Waals surface area (Å²) in [5.41, 5.74) is 1.19. The van der Waals surface area contributed by atoms with Gasteiger partial charge in [0, 0.05) is 18.8 Å². The van der Waals surface area contributed by atoms with Gasteiger partial charge in [-0.1, -0.05) is 97.4 Å². The summed E-state index contributed by atoms with van der Waals surface area (Å²) in [5, 5.41) is 13.1. The van der Waals surface area contributed by atoms with E-state index in [1.54, 1.807) is 12.1 Å². The van der Waals surface area contributed by atoms with E-state index in [1.165, 1.54) is 21.3 Å². The number of carboxylic acid groups (broad SMARTS) is 1. The molecular weight excluding hydrogens is 496 g/mol. The van der Waals surface area contributed by atoms with Crippen molar-refractivity contribution >= 4 is 21.8 Å². The van der Waals surface area contributed by atoms with E-state index in [2.05, 4.69) is 0 Å². The number of amides is 1. The summed E-state index contributed by atoms with van der Waals surface area (Å²) < 4.78 is 28.0. The smallest absolute Gasteiger partial charge is 0.243 e. The van der Waals surface area contributed by atoms with E-state index in [0.29, 0.717) is 18.8 Å². The number of hydrogen-bond donors (Lipinski definition) is 0. The van der Waals surface area contributed by atoms with Gasteiger partial charge in [-0.3, -0.25) is 0 Å². The van der Waals surface area contributed by atoms with Gasteiger partial charge in [-0.05, 0) is 53.8 Å². The molecule has 0 radical (unpaired) electrons. The molecule has 1 heterocycles. The highest BCUT2D eigenvalue weighted by Gasteiger charge is 2.43. The Bertz CT molecular complexity index is 1370. The average Bonchev–Trinajstić information content (AvgIpc) is 2.97. The number of benzene rings is 4. The summed E-state index contributed by atoms with van der Waals surface area (Å²) in [6.07, 6.45) is 1.28. The van der Waals surface area contributed by atoms with Gasteiger partial charge in [0.2, 0.25) is 10.0 Å². The van der Waals surface area contributed by atoms with Gasteiger partial charge in [-0.15, -0.1) is 0 Å². The van der Waals surface area contributed by atoms with Crippen molar-refractivity contribution in [1.82, 2.24) is 4.31 Å². The van der Waals surface area contributed by atoms with E-state index in [1.807, 2.05) is 91.0 Å². The molecule has 1 saturated heterocycles. The first-order valence-electron chi connectivity index (χ1n) is 12.7. The van der Waals surface area contributed by atoms with Crippen LogP contribution in [0.4, 0.5) is 10.5 Å². The topological polar surface area (TPSA) is 80.7 Å². The molecule has 1 fully saturated rings. The van der Waals surface area contributed by atoms with Crippen molar-refractivity contribution < 1.29 is 18.3 Å². The fourth-order valence-electron chi connectivity index (χ4n) is 5.38. The number of carbonyl (C=O) groups excluding carboxylic acids is 1. The van der Waals surface area contributed by atoms with Crippen LogP contribution in [0.5, 0.6) is 0 Å². The fourth-order valence-corrected chi connectivity index (χ4v) is 6.90. The lowest BCUT2D eigenvalue weighted by Crippen LogP contribution is -2.56. The number of rotatable bonds is 7. The molecule has 0 atom stereocenters. The van der Waals surface area contributed by atoms with Gasteiger partial charge in [0.25, 0.3) is 0 Å². The van der Waals surface area contributed by atoms with Crippen LogP contribution in [0.2, 0.25) is 0 Å². The maximum Gasteiger partial charge on any atom is 0.243 e. The Morgan fingerprint density at radius 3 is 1.47 bits per heavy atom. The summed E-state index contributed by atoms with van der Waals surface area (Å²) in [5.74, 6) is 0. The lowest BCUT2D eigenvalue weighted by atomic mass is 9.75. The minimum Gasteiger partial charge on any atom is -0.530 e. The molecule has 194 valence electrons. The standard InChI is InChI=1S/C31H30N2O4S/c34-30(35)33(28-19-21-29(22-20-28)38(36,37)32-23-11-4-12-24-32)31(25-13-5-1-6-14-25,26-15-7-2-8-16-26)27-17-9-3-10-18-27/h1-3,5-10,13-22H,4,11-12,23-24H2,(H,34,35)/p-1. The van der Waals surface area contributed by atoms with E-state index in [-0.39, 0.29) is 4.90 Å². The summed E-state index contributed by atoms with van der Waals surface area (Å²) in [4.78, 5) is 14.5. The third kappa shape index (κ3) is 4.59. The lowest BCUT2D eigenvalue weighted by molar-refractivity contribution is -0.247. The first kappa shape index (κ1) is 25.7. The van der Waals surface area contributed by atoms with Gasteiger partial charge in [0.05, 0.1) is 4.90 Å². The second-order valence-electron chi connectivity index (χ2n) is 9.37. The van der Waals surface area contributed by atoms with Crippen LogP contribution in [0.15, 0.2) is 120 Å². The Labute approximate surface area is 223 Å². The van der Waals surface area contributed by atoms with Crippen molar-refractivity contribution in [2.75, 3.05) is 18.0 Å². The molecule has 0 spiro atoms. The highest BCUT2D eigenvalue weighted by Crippen LogP contribution is 2.44. The normalized spacial score (nSPS) is 14.6. The van der Waals surface area contributed by atoms with Gasteiger partial charge < -0.3 is 14.8 Å². The number of anilines is 1. The van der Waals surface area contributed by atoms with Crippen LogP contribution < -0.4 is 10.0 Å². The molecule has 0 aliphatic carbocycles. The molecule has 0 unspecified atom stereocenters. The van der Waals surface area contributed by atoms with Crippen molar-refractivity contribution in [3.05, 3.63) is 132 Å². The summed E-state index contributed by atoms with van der Waals surface area (Å²) in [6.45, 7) is 0.989. The van der Waals surface area contributed by atoms with Gasteiger partial charge in [0.1, 0.15) is 11.6 Å². The molecule has 5 rings (SSSR count). The van der Waals surface area contributed by atoms with E-state index in [0.717, 1.165) is 36.0 Å². The maximum atomic E-state index is 13.2. The molecule has 1 aliphatic rings. The lowest BCUT2D eigenvalue weighted by Gasteiger charge is -2.47. The molecule has 38 heavy (non-hydrogen) atoms. The van der Waals surface area contributed by atoms with Crippen LogP contribution in [0, 0.1) is 0 Å². The molecule has 4 aromatic carbocycles. The molecule has 0 bridgehead atoms. The maximum absolute atomic E-state index is 13.2. The molecule has 7 heteroatoms. The molecule has 4 aromatic rings. The highest BCUT2D eigenvalue weighted by molar-refractivity contribution is 7.89. The Hall–Kier alpha value is -3.94. The zero-order chi connectivity index (χ0) is 26.6. The van der Waals surface area contributed by atoms with Crippen LogP contribution in [0.25, 0.3) is 0 Å². The van der Waals surface area contributed by atoms with Crippen molar-refractivity contribution in [2.45, 2.75) is 29.7 Å². The first-order valence-corrected chi connectivity index (χ1v) is 14.2. The van der Waals surface area contributed by atoms with Crippen molar-refractivity contribution in [3.63, 3.8) is 0 Å². The number of sulfonamides is 1. The van der Waals surface area contributed by atoms with Crippen LogP contribution in [0.3, 0.4) is 0 Å². The van der Waals surface area contributed by atoms with Crippen molar-refractivity contribution in [3.8, 4) is 0 Å². The van der Waals surface area contributed by atoms with Gasteiger partial charge >= 0.3 is 0 Å². The Balaban J connectivity index is 1.71. The van der Waals surface area contributed by atoms with E-state index >= 15 is 0 Å². The zero-order valence-corrected chi connectivity index (χ0v) is 21.8. The van der Waals surface area contributed by atoms with Crippen LogP contribution in [-0.2, 0) is 15.6 Å². The summed E-state index contributed by atoms with van der Waals surface area (Å²) in [6, 6.07) is 34.3. The van der Waals surface area contributed by atoms with Gasteiger partial charge in [-0.2, -0.15) is 4.31 Å². The number of nitrogens with zero attached hydrogens (tertiary/aromatic N) is 2. The number of hydrogen-bond acceptors (Lipinski definition) is 4. The third-order valence-electron chi connectivity index (χ3n) is 7.14. The monoisotopic (exact) mass is 525 g/mol. The quantitative estimate of drug-likeness (QED) is 0.318. The van der Waals surface area contributed by atoms with Crippen molar-refractivity contribution in [1.29, 1.82) is 0 Å². The minimum absolute atomic E-state index is 0.145. The Kier molecular flexibility index (Phi) is 7.31. The summed E-state index contributed by atoms with van der Waals surface area (Å²) in [7, 11) is -3.66. The third-order valence-corrected chi connectivity index (χ3v) is 9.05. The second-order valence-corrected chi connectivity index (χ2v) is 11.3. The molecule has 1 amide bonds. The van der Waals surface area contributed by atoms with Crippen LogP contribution in [0.1, 0.15) is 36.0 Å². The molecule has 0 aromatic heterocycles. The summed E-state index contributed by atoms with van der Waals surface area (Å²) >= 11 is 0. The molecule has 6 nitrogen and oxygen atoms in total. The highest BCUT2D eigenvalue weighted by atomic mass is 32.2. The molecular formula is C31H29N2O4S-. The number of piperidine rings is 1. The predicted molar refractivity (Wildman–Crippen MR) is 146 cm³/mol. The average molecular weight is 526 g/mol. The Morgan fingerprint density at radius 2 is 1.08 bits per heavy atom. The zero-order valence-electron chi connectivity index (χ0n) is 20.9. The van der Waals surface area contributed by atoms with Gasteiger partial charge in [-0.25, -0.2) is 8.42 Å². The SMILES string of the molecule is O=C([O-])N(c1ccc(S(=O)(=O)N2CCCCC2)cc1)C(c1ccccc1)(c1ccccc1)c1ccccc1. The molecule has 0 N–H and O–H groups in total. The minimum atomic E-state index is -3.66. The van der Waals surface area contributed by atoms with Crippen LogP contribution in [-0.4, -0.2) is 31.9 Å². The predicted octanol–water partition coefficient (Wildman–Crippen LogP) is 5.00.